The van der Waals surface area contributed by atoms with Crippen LogP contribution >= 0.6 is 0 Å². The molecule has 2 rings (SSSR count). The van der Waals surface area contributed by atoms with Gasteiger partial charge in [-0.3, -0.25) is 0 Å². The second-order valence-corrected chi connectivity index (χ2v) is 5.90. The minimum atomic E-state index is 0.619. The van der Waals surface area contributed by atoms with Gasteiger partial charge >= 0.3 is 0 Å². The lowest BCUT2D eigenvalue weighted by molar-refractivity contribution is 0.328. The number of nitrogens with one attached hydrogen (secondary N) is 1. The lowest BCUT2D eigenvalue weighted by atomic mass is 9.87. The quantitative estimate of drug-likeness (QED) is 0.827. The fourth-order valence-corrected chi connectivity index (χ4v) is 2.79. The summed E-state index contributed by atoms with van der Waals surface area (Å²) in [6.45, 7) is 10.9. The number of hydrogen-bond donors (Lipinski definition) is 1. The molecule has 0 bridgehead atoms. The van der Waals surface area contributed by atoms with E-state index in [0.29, 0.717) is 6.04 Å². The first kappa shape index (κ1) is 13.2. The topological polar surface area (TPSA) is 12.0 Å². The van der Waals surface area contributed by atoms with Crippen LogP contribution in [-0.4, -0.2) is 6.04 Å². The summed E-state index contributed by atoms with van der Waals surface area (Å²) < 4.78 is 0. The first-order valence-corrected chi connectivity index (χ1v) is 7.09. The van der Waals surface area contributed by atoms with Gasteiger partial charge in [-0.15, -0.1) is 0 Å². The normalized spacial score (nSPS) is 23.7. The standard InChI is InChI=1S/C17H25N/c1-12-6-9-16(10-7-12)18-15(4)17-11-13(2)5-8-14(17)3/h5,8,11-12,16,18H,4,6-7,9-10H2,1-3H3. The van der Waals surface area contributed by atoms with Crippen molar-refractivity contribution in [3.8, 4) is 0 Å². The van der Waals surface area contributed by atoms with E-state index in [4.69, 9.17) is 0 Å². The van der Waals surface area contributed by atoms with Crippen LogP contribution in [0.2, 0.25) is 0 Å². The molecular weight excluding hydrogens is 218 g/mol. The Morgan fingerprint density at radius 1 is 1.17 bits per heavy atom. The third-order valence-corrected chi connectivity index (χ3v) is 4.11. The SMILES string of the molecule is C=C(NC1CCC(C)CC1)c1cc(C)ccc1C. The third-order valence-electron chi connectivity index (χ3n) is 4.11. The Hall–Kier alpha value is -1.24. The summed E-state index contributed by atoms with van der Waals surface area (Å²) in [5.41, 5.74) is 4.97. The smallest absolute Gasteiger partial charge is 0.0345 e. The molecule has 1 aliphatic rings. The Morgan fingerprint density at radius 3 is 2.50 bits per heavy atom. The van der Waals surface area contributed by atoms with Crippen molar-refractivity contribution in [1.29, 1.82) is 0 Å². The molecule has 1 aromatic carbocycles. The van der Waals surface area contributed by atoms with Gasteiger partial charge in [-0.1, -0.05) is 31.2 Å². The van der Waals surface area contributed by atoms with Crippen LogP contribution in [0.5, 0.6) is 0 Å². The highest BCUT2D eigenvalue weighted by atomic mass is 14.9. The highest BCUT2D eigenvalue weighted by molar-refractivity contribution is 5.65. The molecule has 1 aliphatic carbocycles. The third kappa shape index (κ3) is 3.16. The van der Waals surface area contributed by atoms with Crippen LogP contribution in [0.15, 0.2) is 24.8 Å². The molecule has 0 unspecified atom stereocenters. The van der Waals surface area contributed by atoms with Crippen molar-refractivity contribution in [3.05, 3.63) is 41.5 Å². The van der Waals surface area contributed by atoms with Gasteiger partial charge in [0, 0.05) is 17.3 Å². The Labute approximate surface area is 111 Å². The van der Waals surface area contributed by atoms with E-state index >= 15 is 0 Å². The average Bonchev–Trinajstić information content (AvgIpc) is 2.35. The van der Waals surface area contributed by atoms with Crippen molar-refractivity contribution in [2.75, 3.05) is 0 Å². The molecule has 0 amide bonds. The Bertz CT molecular complexity index is 425. The van der Waals surface area contributed by atoms with E-state index in [0.717, 1.165) is 11.6 Å². The Morgan fingerprint density at radius 2 is 1.83 bits per heavy atom. The average molecular weight is 243 g/mol. The van der Waals surface area contributed by atoms with Gasteiger partial charge in [0.05, 0.1) is 0 Å². The van der Waals surface area contributed by atoms with Crippen molar-refractivity contribution in [2.24, 2.45) is 5.92 Å². The zero-order valence-electron chi connectivity index (χ0n) is 11.9. The maximum absolute atomic E-state index is 4.23. The van der Waals surface area contributed by atoms with Crippen LogP contribution in [0.4, 0.5) is 0 Å². The first-order valence-electron chi connectivity index (χ1n) is 7.09. The predicted octanol–water partition coefficient (Wildman–Crippen LogP) is 4.44. The van der Waals surface area contributed by atoms with E-state index in [-0.39, 0.29) is 0 Å². The molecule has 1 saturated carbocycles. The monoisotopic (exact) mass is 243 g/mol. The molecule has 98 valence electrons. The summed E-state index contributed by atoms with van der Waals surface area (Å²) in [6.07, 6.45) is 5.26. The van der Waals surface area contributed by atoms with Gasteiger partial charge in [0.25, 0.3) is 0 Å². The molecule has 1 heteroatoms. The van der Waals surface area contributed by atoms with E-state index < -0.39 is 0 Å². The van der Waals surface area contributed by atoms with Crippen molar-refractivity contribution < 1.29 is 0 Å². The van der Waals surface area contributed by atoms with Gasteiger partial charge in [-0.05, 0) is 57.1 Å². The predicted molar refractivity (Wildman–Crippen MR) is 79.5 cm³/mol. The maximum atomic E-state index is 4.23. The molecule has 0 atom stereocenters. The molecule has 0 heterocycles. The lowest BCUT2D eigenvalue weighted by Crippen LogP contribution is -2.31. The van der Waals surface area contributed by atoms with E-state index in [1.807, 2.05) is 0 Å². The van der Waals surface area contributed by atoms with Crippen molar-refractivity contribution in [1.82, 2.24) is 5.32 Å². The van der Waals surface area contributed by atoms with Gasteiger partial charge in [0.15, 0.2) is 0 Å². The summed E-state index contributed by atoms with van der Waals surface area (Å²) in [7, 11) is 0. The minimum absolute atomic E-state index is 0.619. The molecule has 1 N–H and O–H groups in total. The minimum Gasteiger partial charge on any atom is -0.382 e. The zero-order chi connectivity index (χ0) is 13.1. The summed E-state index contributed by atoms with van der Waals surface area (Å²) >= 11 is 0. The number of rotatable bonds is 3. The lowest BCUT2D eigenvalue weighted by Gasteiger charge is -2.29. The summed E-state index contributed by atoms with van der Waals surface area (Å²) in [4.78, 5) is 0. The van der Waals surface area contributed by atoms with Gasteiger partial charge < -0.3 is 5.32 Å². The maximum Gasteiger partial charge on any atom is 0.0345 e. The van der Waals surface area contributed by atoms with E-state index in [2.05, 4.69) is 50.9 Å². The van der Waals surface area contributed by atoms with Gasteiger partial charge in [0.1, 0.15) is 0 Å². The van der Waals surface area contributed by atoms with Crippen LogP contribution in [0, 0.1) is 19.8 Å². The van der Waals surface area contributed by atoms with Crippen molar-refractivity contribution in [3.63, 3.8) is 0 Å². The highest BCUT2D eigenvalue weighted by Crippen LogP contribution is 2.26. The summed E-state index contributed by atoms with van der Waals surface area (Å²) in [5.74, 6) is 0.900. The molecule has 0 spiro atoms. The molecule has 1 fully saturated rings. The second-order valence-electron chi connectivity index (χ2n) is 5.90. The number of benzene rings is 1. The summed E-state index contributed by atoms with van der Waals surface area (Å²) in [6, 6.07) is 7.19. The van der Waals surface area contributed by atoms with Gasteiger partial charge in [0.2, 0.25) is 0 Å². The van der Waals surface area contributed by atoms with Gasteiger partial charge in [-0.25, -0.2) is 0 Å². The molecule has 1 aromatic rings. The fourth-order valence-electron chi connectivity index (χ4n) is 2.79. The molecule has 0 saturated heterocycles. The first-order chi connectivity index (χ1) is 8.56. The number of aryl methyl sites for hydroxylation is 2. The summed E-state index contributed by atoms with van der Waals surface area (Å²) in [5, 5.41) is 3.63. The van der Waals surface area contributed by atoms with Crippen molar-refractivity contribution in [2.45, 2.75) is 52.5 Å². The zero-order valence-corrected chi connectivity index (χ0v) is 11.9. The van der Waals surface area contributed by atoms with Crippen LogP contribution in [0.1, 0.15) is 49.3 Å². The molecule has 1 nitrogen and oxygen atoms in total. The van der Waals surface area contributed by atoms with Crippen molar-refractivity contribution >= 4 is 5.70 Å². The van der Waals surface area contributed by atoms with Crippen LogP contribution in [0.25, 0.3) is 5.70 Å². The molecule has 0 aliphatic heterocycles. The molecule has 0 aromatic heterocycles. The van der Waals surface area contributed by atoms with E-state index in [9.17, 15) is 0 Å². The Kier molecular flexibility index (Phi) is 4.11. The fraction of sp³-hybridized carbons (Fsp3) is 0.529. The van der Waals surface area contributed by atoms with Crippen LogP contribution in [-0.2, 0) is 0 Å². The molecular formula is C17H25N. The molecule has 0 radical (unpaired) electrons. The van der Waals surface area contributed by atoms with Crippen LogP contribution in [0.3, 0.4) is 0 Å². The van der Waals surface area contributed by atoms with Crippen LogP contribution < -0.4 is 5.32 Å². The van der Waals surface area contributed by atoms with E-state index in [1.54, 1.807) is 0 Å². The second kappa shape index (κ2) is 5.60. The van der Waals surface area contributed by atoms with Gasteiger partial charge in [-0.2, -0.15) is 0 Å². The molecule has 18 heavy (non-hydrogen) atoms. The highest BCUT2D eigenvalue weighted by Gasteiger charge is 2.18. The largest absolute Gasteiger partial charge is 0.382 e. The number of hydrogen-bond acceptors (Lipinski definition) is 1. The Balaban J connectivity index is 2.01. The van der Waals surface area contributed by atoms with E-state index in [1.165, 1.54) is 42.4 Å².